The number of benzene rings is 2. The van der Waals surface area contributed by atoms with Crippen LogP contribution >= 0.6 is 22.9 Å². The van der Waals surface area contributed by atoms with Crippen molar-refractivity contribution in [2.24, 2.45) is 0 Å². The first-order chi connectivity index (χ1) is 13.5. The quantitative estimate of drug-likeness (QED) is 0.453. The van der Waals surface area contributed by atoms with Crippen molar-refractivity contribution >= 4 is 61.6 Å². The Morgan fingerprint density at radius 2 is 1.82 bits per heavy atom. The van der Waals surface area contributed by atoms with E-state index in [0.717, 1.165) is 11.0 Å². The average molecular weight is 413 g/mol. The molecule has 0 unspecified atom stereocenters. The Morgan fingerprint density at radius 3 is 2.57 bits per heavy atom. The third-order valence-corrected chi connectivity index (χ3v) is 6.49. The summed E-state index contributed by atoms with van der Waals surface area (Å²) in [6, 6.07) is 11.9. The highest BCUT2D eigenvalue weighted by Gasteiger charge is 2.31. The molecular weight excluding hydrogens is 399 g/mol. The maximum atomic E-state index is 13.6. The predicted molar refractivity (Wildman–Crippen MR) is 111 cm³/mol. The number of halogens is 2. The van der Waals surface area contributed by atoms with E-state index in [0.29, 0.717) is 44.7 Å². The lowest BCUT2D eigenvalue weighted by atomic mass is 10.2. The molecule has 5 rings (SSSR count). The van der Waals surface area contributed by atoms with E-state index in [-0.39, 0.29) is 11.7 Å². The van der Waals surface area contributed by atoms with Crippen molar-refractivity contribution in [1.29, 1.82) is 0 Å². The van der Waals surface area contributed by atoms with Gasteiger partial charge in [-0.2, -0.15) is 0 Å². The fourth-order valence-corrected chi connectivity index (χ4v) is 4.86. The van der Waals surface area contributed by atoms with Crippen LogP contribution in [0, 0.1) is 5.82 Å². The van der Waals surface area contributed by atoms with Crippen molar-refractivity contribution in [3.63, 3.8) is 0 Å². The van der Waals surface area contributed by atoms with Crippen molar-refractivity contribution < 1.29 is 9.18 Å². The third kappa shape index (κ3) is 2.62. The molecule has 5 nitrogen and oxygen atoms in total. The average Bonchev–Trinajstić information content (AvgIpc) is 3.02. The summed E-state index contributed by atoms with van der Waals surface area (Å²) in [5.74, 6) is 0.566. The molecule has 1 aliphatic rings. The number of thiophene rings is 1. The number of rotatable bonds is 1. The Labute approximate surface area is 169 Å². The molecule has 3 heterocycles. The number of hydrogen-bond donors (Lipinski definition) is 0. The molecule has 0 aliphatic carbocycles. The number of amides is 1. The van der Waals surface area contributed by atoms with Crippen molar-refractivity contribution in [2.45, 2.75) is 0 Å². The SMILES string of the molecule is CN1CCN(C(=O)c2sc3cc(F)ccc3c2Cl)c2nc3ccccc3nc21. The van der Waals surface area contributed by atoms with Gasteiger partial charge in [0.25, 0.3) is 5.91 Å². The monoisotopic (exact) mass is 412 g/mol. The van der Waals surface area contributed by atoms with E-state index in [9.17, 15) is 9.18 Å². The molecule has 4 aromatic rings. The maximum absolute atomic E-state index is 13.6. The lowest BCUT2D eigenvalue weighted by Gasteiger charge is -2.33. The topological polar surface area (TPSA) is 49.3 Å². The molecule has 8 heteroatoms. The van der Waals surface area contributed by atoms with Crippen LogP contribution in [0.1, 0.15) is 9.67 Å². The molecule has 0 N–H and O–H groups in total. The number of fused-ring (bicyclic) bond motifs is 3. The van der Waals surface area contributed by atoms with E-state index in [1.54, 1.807) is 11.0 Å². The molecule has 0 atom stereocenters. The Hall–Kier alpha value is -2.77. The van der Waals surface area contributed by atoms with E-state index in [2.05, 4.69) is 0 Å². The van der Waals surface area contributed by atoms with Crippen LogP contribution in [-0.2, 0) is 0 Å². The van der Waals surface area contributed by atoms with Crippen LogP contribution in [0.3, 0.4) is 0 Å². The van der Waals surface area contributed by atoms with Crippen molar-refractivity contribution in [2.75, 3.05) is 29.9 Å². The van der Waals surface area contributed by atoms with Crippen LogP contribution < -0.4 is 9.80 Å². The van der Waals surface area contributed by atoms with E-state index in [1.165, 1.54) is 23.5 Å². The zero-order valence-corrected chi connectivity index (χ0v) is 16.4. The maximum Gasteiger partial charge on any atom is 0.271 e. The summed E-state index contributed by atoms with van der Waals surface area (Å²) in [6.07, 6.45) is 0. The lowest BCUT2D eigenvalue weighted by molar-refractivity contribution is 0.0990. The minimum Gasteiger partial charge on any atom is -0.355 e. The van der Waals surface area contributed by atoms with Gasteiger partial charge < -0.3 is 4.90 Å². The first kappa shape index (κ1) is 17.3. The summed E-state index contributed by atoms with van der Waals surface area (Å²) in [4.78, 5) is 26.7. The lowest BCUT2D eigenvalue weighted by Crippen LogP contribution is -2.43. The van der Waals surface area contributed by atoms with Gasteiger partial charge in [-0.1, -0.05) is 23.7 Å². The van der Waals surface area contributed by atoms with Crippen LogP contribution in [0.5, 0.6) is 0 Å². The number of aromatic nitrogens is 2. The van der Waals surface area contributed by atoms with Crippen molar-refractivity contribution in [3.05, 3.63) is 58.2 Å². The Bertz CT molecular complexity index is 1260. The Balaban J connectivity index is 1.64. The second kappa shape index (κ2) is 6.39. The molecule has 0 bridgehead atoms. The van der Waals surface area contributed by atoms with Crippen LogP contribution in [0.2, 0.25) is 5.02 Å². The van der Waals surface area contributed by atoms with Crippen molar-refractivity contribution in [1.82, 2.24) is 9.97 Å². The summed E-state index contributed by atoms with van der Waals surface area (Å²) >= 11 is 7.66. The molecule has 0 spiro atoms. The normalized spacial score (nSPS) is 14.0. The second-order valence-corrected chi connectivity index (χ2v) is 8.05. The molecule has 140 valence electrons. The summed E-state index contributed by atoms with van der Waals surface area (Å²) < 4.78 is 14.2. The summed E-state index contributed by atoms with van der Waals surface area (Å²) in [6.45, 7) is 1.09. The largest absolute Gasteiger partial charge is 0.355 e. The smallest absolute Gasteiger partial charge is 0.271 e. The molecule has 0 saturated heterocycles. The number of anilines is 2. The molecule has 0 fully saturated rings. The van der Waals surface area contributed by atoms with Gasteiger partial charge in [-0.15, -0.1) is 11.3 Å². The van der Waals surface area contributed by atoms with Crippen molar-refractivity contribution in [3.8, 4) is 0 Å². The van der Waals surface area contributed by atoms with Gasteiger partial charge in [0.15, 0.2) is 11.6 Å². The van der Waals surface area contributed by atoms with Gasteiger partial charge in [0.05, 0.1) is 16.1 Å². The standard InChI is InChI=1S/C20H14ClFN4OS/c1-25-8-9-26(19-18(25)23-13-4-2-3-5-14(13)24-19)20(27)17-16(21)12-7-6-11(22)10-15(12)28-17/h2-7,10H,8-9H2,1H3. The summed E-state index contributed by atoms with van der Waals surface area (Å²) in [5.41, 5.74) is 1.50. The first-order valence-electron chi connectivity index (χ1n) is 8.70. The van der Waals surface area contributed by atoms with Gasteiger partial charge in [0.2, 0.25) is 0 Å². The van der Waals surface area contributed by atoms with Gasteiger partial charge >= 0.3 is 0 Å². The number of carbonyl (C=O) groups is 1. The fourth-order valence-electron chi connectivity index (χ4n) is 3.38. The third-order valence-electron chi connectivity index (χ3n) is 4.84. The van der Waals surface area contributed by atoms with E-state index < -0.39 is 0 Å². The van der Waals surface area contributed by atoms with Crippen LogP contribution in [0.15, 0.2) is 42.5 Å². The molecule has 0 saturated carbocycles. The molecule has 1 aliphatic heterocycles. The molecular formula is C20H14ClFN4OS. The molecule has 0 radical (unpaired) electrons. The minimum absolute atomic E-state index is 0.245. The van der Waals surface area contributed by atoms with E-state index in [4.69, 9.17) is 21.6 Å². The second-order valence-electron chi connectivity index (χ2n) is 6.62. The zero-order valence-electron chi connectivity index (χ0n) is 14.8. The Kier molecular flexibility index (Phi) is 3.96. The molecule has 2 aromatic carbocycles. The van der Waals surface area contributed by atoms with Gasteiger partial charge in [-0.3, -0.25) is 9.69 Å². The molecule has 28 heavy (non-hydrogen) atoms. The van der Waals surface area contributed by atoms with Crippen LogP contribution in [0.25, 0.3) is 21.1 Å². The molecule has 2 aromatic heterocycles. The number of para-hydroxylation sites is 2. The predicted octanol–water partition coefficient (Wildman–Crippen LogP) is 4.73. The number of likely N-dealkylation sites (N-methyl/N-ethyl adjacent to an activating group) is 1. The molecule has 1 amide bonds. The van der Waals surface area contributed by atoms with Gasteiger partial charge in [-0.05, 0) is 30.3 Å². The van der Waals surface area contributed by atoms with Gasteiger partial charge in [-0.25, -0.2) is 14.4 Å². The van der Waals surface area contributed by atoms with E-state index >= 15 is 0 Å². The summed E-state index contributed by atoms with van der Waals surface area (Å²) in [5, 5.41) is 1.02. The first-order valence-corrected chi connectivity index (χ1v) is 9.90. The van der Waals surface area contributed by atoms with Crippen LogP contribution in [-0.4, -0.2) is 36.0 Å². The number of nitrogens with zero attached hydrogens (tertiary/aromatic N) is 4. The highest BCUT2D eigenvalue weighted by molar-refractivity contribution is 7.21. The minimum atomic E-state index is -0.355. The highest BCUT2D eigenvalue weighted by atomic mass is 35.5. The number of carbonyl (C=O) groups excluding carboxylic acids is 1. The van der Waals surface area contributed by atoms with Gasteiger partial charge in [0.1, 0.15) is 10.7 Å². The van der Waals surface area contributed by atoms with Crippen LogP contribution in [0.4, 0.5) is 16.0 Å². The zero-order chi connectivity index (χ0) is 19.4. The highest BCUT2D eigenvalue weighted by Crippen LogP contribution is 2.39. The Morgan fingerprint density at radius 1 is 1.11 bits per heavy atom. The summed E-state index contributed by atoms with van der Waals surface area (Å²) in [7, 11) is 1.93. The number of hydrogen-bond acceptors (Lipinski definition) is 5. The van der Waals surface area contributed by atoms with Gasteiger partial charge in [0, 0.05) is 30.2 Å². The van der Waals surface area contributed by atoms with E-state index in [1.807, 2.05) is 36.2 Å². The fraction of sp³-hybridized carbons (Fsp3) is 0.150.